The summed E-state index contributed by atoms with van der Waals surface area (Å²) in [6.45, 7) is 0.882. The van der Waals surface area contributed by atoms with Crippen molar-refractivity contribution in [3.8, 4) is 0 Å². The number of allylic oxidation sites excluding steroid dienone is 1. The summed E-state index contributed by atoms with van der Waals surface area (Å²) in [5.74, 6) is -10.0. The average molecular weight is 696 g/mol. The van der Waals surface area contributed by atoms with Crippen LogP contribution in [0.3, 0.4) is 0 Å². The molecule has 3 atom stereocenters. The highest BCUT2D eigenvalue weighted by Gasteiger charge is 2.41. The Balaban J connectivity index is 2.46. The largest absolute Gasteiger partial charge is 0.417 e. The van der Waals surface area contributed by atoms with Crippen molar-refractivity contribution in [1.29, 1.82) is 0 Å². The van der Waals surface area contributed by atoms with Crippen molar-refractivity contribution in [3.63, 3.8) is 0 Å². The molecule has 0 fully saturated rings. The fourth-order valence-electron chi connectivity index (χ4n) is 3.88. The molecule has 0 saturated carbocycles. The number of carbonyl (C=O) groups is 1. The highest BCUT2D eigenvalue weighted by atomic mass is 35.5. The Hall–Kier alpha value is -3.02. The van der Waals surface area contributed by atoms with Crippen LogP contribution in [0.15, 0.2) is 42.5 Å². The summed E-state index contributed by atoms with van der Waals surface area (Å²) in [7, 11) is -4.85. The fraction of sp³-hybridized carbons (Fsp3) is 0.400. The molecule has 2 aromatic rings. The van der Waals surface area contributed by atoms with Crippen LogP contribution in [0.5, 0.6) is 0 Å². The minimum absolute atomic E-state index is 0.0361. The van der Waals surface area contributed by atoms with Gasteiger partial charge in [0.15, 0.2) is 16.0 Å². The van der Waals surface area contributed by atoms with Crippen molar-refractivity contribution in [1.82, 2.24) is 5.32 Å². The highest BCUT2D eigenvalue weighted by Crippen LogP contribution is 2.42. The molecule has 3 unspecified atom stereocenters. The van der Waals surface area contributed by atoms with Crippen molar-refractivity contribution in [2.24, 2.45) is 0 Å². The third-order valence-electron chi connectivity index (χ3n) is 5.68. The standard InChI is InChI=1S/C25H19ClF13NO3S/c1-11(9-44(42,43)10-23(31,32)33)40-22(41)14-4-3-13(6-17(14)25(37,38)39)19(27)8-16(24(34,35)36)12-2-5-15(18(26)7-12)20(28)21(29)30/h2-8,11,16,20-21H,9-10H2,1H3,(H,40,41)/b19-8-. The van der Waals surface area contributed by atoms with Gasteiger partial charge in [-0.2, -0.15) is 39.5 Å². The summed E-state index contributed by atoms with van der Waals surface area (Å²) in [5.41, 5.74) is -6.02. The number of rotatable bonds is 10. The molecular weight excluding hydrogens is 677 g/mol. The lowest BCUT2D eigenvalue weighted by atomic mass is 9.94. The number of nitrogens with one attached hydrogen (secondary N) is 1. The molecule has 0 spiro atoms. The number of amides is 1. The van der Waals surface area contributed by atoms with Gasteiger partial charge in [-0.25, -0.2) is 26.0 Å². The molecule has 246 valence electrons. The first-order valence-electron chi connectivity index (χ1n) is 11.8. The van der Waals surface area contributed by atoms with E-state index in [9.17, 15) is 70.3 Å². The maximum Gasteiger partial charge on any atom is 0.417 e. The first kappa shape index (κ1) is 37.2. The van der Waals surface area contributed by atoms with Gasteiger partial charge in [-0.3, -0.25) is 4.79 Å². The predicted molar refractivity (Wildman–Crippen MR) is 132 cm³/mol. The monoisotopic (exact) mass is 695 g/mol. The fourth-order valence-corrected chi connectivity index (χ4v) is 5.63. The number of sulfone groups is 1. The van der Waals surface area contributed by atoms with Crippen molar-refractivity contribution in [3.05, 3.63) is 75.3 Å². The molecule has 0 aliphatic heterocycles. The van der Waals surface area contributed by atoms with Crippen LogP contribution in [-0.2, 0) is 16.0 Å². The Morgan fingerprint density at radius 1 is 0.955 bits per heavy atom. The van der Waals surface area contributed by atoms with E-state index < -0.39 is 109 Å². The van der Waals surface area contributed by atoms with Crippen LogP contribution >= 0.6 is 11.6 Å². The molecule has 2 aromatic carbocycles. The minimum Gasteiger partial charge on any atom is -0.349 e. The lowest BCUT2D eigenvalue weighted by Crippen LogP contribution is -2.40. The number of hydrogen-bond acceptors (Lipinski definition) is 3. The zero-order valence-electron chi connectivity index (χ0n) is 21.7. The van der Waals surface area contributed by atoms with Crippen LogP contribution < -0.4 is 5.32 Å². The van der Waals surface area contributed by atoms with Crippen molar-refractivity contribution in [2.75, 3.05) is 11.5 Å². The Morgan fingerprint density at radius 3 is 2.02 bits per heavy atom. The van der Waals surface area contributed by atoms with Crippen LogP contribution in [0, 0.1) is 0 Å². The summed E-state index contributed by atoms with van der Waals surface area (Å²) in [6.07, 6.45) is -22.6. The van der Waals surface area contributed by atoms with Crippen molar-refractivity contribution in [2.45, 2.75) is 50.0 Å². The Bertz CT molecular complexity index is 1490. The molecule has 0 heterocycles. The Morgan fingerprint density at radius 2 is 1.55 bits per heavy atom. The van der Waals surface area contributed by atoms with Gasteiger partial charge in [0.1, 0.15) is 17.5 Å². The van der Waals surface area contributed by atoms with Crippen LogP contribution in [0.4, 0.5) is 57.1 Å². The molecule has 0 aliphatic rings. The minimum atomic E-state index is -5.44. The van der Waals surface area contributed by atoms with Crippen LogP contribution in [0.2, 0.25) is 5.02 Å². The Kier molecular flexibility index (Phi) is 11.4. The zero-order valence-corrected chi connectivity index (χ0v) is 23.3. The normalized spacial score (nSPS) is 15.7. The van der Waals surface area contributed by atoms with Crippen molar-refractivity contribution >= 4 is 33.2 Å². The highest BCUT2D eigenvalue weighted by molar-refractivity contribution is 7.91. The van der Waals surface area contributed by atoms with Gasteiger partial charge in [0, 0.05) is 22.2 Å². The second-order valence-electron chi connectivity index (χ2n) is 9.35. The van der Waals surface area contributed by atoms with Gasteiger partial charge in [0.2, 0.25) is 0 Å². The summed E-state index contributed by atoms with van der Waals surface area (Å²) >= 11 is 5.63. The number of carbonyl (C=O) groups excluding carboxylic acids is 1. The molecule has 2 rings (SSSR count). The van der Waals surface area contributed by atoms with Crippen LogP contribution in [0.1, 0.15) is 51.6 Å². The smallest absolute Gasteiger partial charge is 0.349 e. The number of benzene rings is 2. The topological polar surface area (TPSA) is 63.2 Å². The molecule has 0 radical (unpaired) electrons. The first-order valence-corrected chi connectivity index (χ1v) is 14.0. The van der Waals surface area contributed by atoms with E-state index in [2.05, 4.69) is 0 Å². The second kappa shape index (κ2) is 13.5. The van der Waals surface area contributed by atoms with E-state index in [1.54, 1.807) is 5.32 Å². The van der Waals surface area contributed by atoms with Gasteiger partial charge in [-0.1, -0.05) is 29.8 Å². The van der Waals surface area contributed by atoms with Gasteiger partial charge in [0.05, 0.1) is 16.9 Å². The van der Waals surface area contributed by atoms with E-state index in [-0.39, 0.29) is 12.1 Å². The Labute approximate surface area is 245 Å². The van der Waals surface area contributed by atoms with Gasteiger partial charge in [-0.15, -0.1) is 0 Å². The van der Waals surface area contributed by atoms with E-state index >= 15 is 0 Å². The number of halogens is 14. The molecule has 0 bridgehead atoms. The molecule has 4 nitrogen and oxygen atoms in total. The number of hydrogen-bond donors (Lipinski definition) is 1. The van der Waals surface area contributed by atoms with Gasteiger partial charge in [0.25, 0.3) is 12.3 Å². The van der Waals surface area contributed by atoms with Gasteiger partial charge >= 0.3 is 18.5 Å². The summed E-state index contributed by atoms with van der Waals surface area (Å²) in [5, 5.41) is 0.902. The van der Waals surface area contributed by atoms with Gasteiger partial charge in [-0.05, 0) is 36.8 Å². The van der Waals surface area contributed by atoms with Crippen LogP contribution in [-0.4, -0.2) is 50.7 Å². The number of alkyl halides is 12. The molecule has 19 heteroatoms. The predicted octanol–water partition coefficient (Wildman–Crippen LogP) is 8.39. The molecular formula is C25H19ClF13NO3S. The second-order valence-corrected chi connectivity index (χ2v) is 11.9. The van der Waals surface area contributed by atoms with E-state index in [0.717, 1.165) is 6.92 Å². The molecule has 44 heavy (non-hydrogen) atoms. The molecule has 1 N–H and O–H groups in total. The summed E-state index contributed by atoms with van der Waals surface area (Å²) in [6, 6.07) is 0.598. The summed E-state index contributed by atoms with van der Waals surface area (Å²) < 4.78 is 197. The van der Waals surface area contributed by atoms with Crippen molar-refractivity contribution < 1.29 is 70.3 Å². The quantitative estimate of drug-likeness (QED) is 0.254. The maximum absolute atomic E-state index is 15.0. The lowest BCUT2D eigenvalue weighted by Gasteiger charge is -2.20. The molecule has 0 aliphatic carbocycles. The third kappa shape index (κ3) is 10.3. The zero-order chi connectivity index (χ0) is 34.0. The average Bonchev–Trinajstić information content (AvgIpc) is 2.82. The SMILES string of the molecule is CC(CS(=O)(=O)CC(F)(F)F)NC(=O)c1ccc(/C(F)=C/C(c2ccc(C(F)C(F)F)c(Cl)c2)C(F)(F)F)cc1C(F)(F)F. The van der Waals surface area contributed by atoms with E-state index in [1.165, 1.54) is 0 Å². The van der Waals surface area contributed by atoms with Crippen LogP contribution in [0.25, 0.3) is 5.83 Å². The van der Waals surface area contributed by atoms with Gasteiger partial charge < -0.3 is 5.32 Å². The molecule has 0 saturated heterocycles. The third-order valence-corrected chi connectivity index (χ3v) is 7.78. The van der Waals surface area contributed by atoms with E-state index in [1.807, 2.05) is 0 Å². The molecule has 0 aromatic heterocycles. The lowest BCUT2D eigenvalue weighted by molar-refractivity contribution is -0.140. The van der Waals surface area contributed by atoms with E-state index in [4.69, 9.17) is 11.6 Å². The molecule has 1 amide bonds. The van der Waals surface area contributed by atoms with E-state index in [0.29, 0.717) is 30.3 Å². The first-order chi connectivity index (χ1) is 19.8. The maximum atomic E-state index is 15.0. The summed E-state index contributed by atoms with van der Waals surface area (Å²) in [4.78, 5) is 12.4.